The second kappa shape index (κ2) is 3.21. The molecule has 0 saturated heterocycles. The minimum Gasteiger partial charge on any atom is -0.384 e. The van der Waals surface area contributed by atoms with E-state index < -0.39 is 0 Å². The number of likely N-dealkylation sites (N-methyl/N-ethyl adjacent to an activating group) is 1. The van der Waals surface area contributed by atoms with Crippen LogP contribution in [0.25, 0.3) is 0 Å². The molecule has 1 atom stereocenters. The number of nitrogens with zero attached hydrogens (tertiary/aromatic N) is 2. The summed E-state index contributed by atoms with van der Waals surface area (Å²) in [5, 5.41) is 3.56. The van der Waals surface area contributed by atoms with E-state index >= 15 is 0 Å². The highest BCUT2D eigenvalue weighted by molar-refractivity contribution is 5.91. The molecule has 0 fully saturated rings. The van der Waals surface area contributed by atoms with Crippen LogP contribution in [0.4, 0.5) is 5.69 Å². The Labute approximate surface area is 83.2 Å². The van der Waals surface area contributed by atoms with Gasteiger partial charge in [0.15, 0.2) is 0 Å². The lowest BCUT2D eigenvalue weighted by atomic mass is 10.1. The van der Waals surface area contributed by atoms with E-state index in [9.17, 15) is 0 Å². The topological polar surface area (TPSA) is 67.6 Å². The number of anilines is 1. The number of para-hydroxylation sites is 1. The summed E-state index contributed by atoms with van der Waals surface area (Å²) in [6.07, 6.45) is 0.888. The molecule has 4 nitrogen and oxygen atoms in total. The Balaban J connectivity index is 2.34. The Bertz CT molecular complexity index is 372. The molecule has 1 aromatic carbocycles. The van der Waals surface area contributed by atoms with Gasteiger partial charge in [-0.25, -0.2) is 0 Å². The molecule has 0 spiro atoms. The van der Waals surface area contributed by atoms with Crippen LogP contribution in [0.3, 0.4) is 0 Å². The minimum absolute atomic E-state index is 0.109. The van der Waals surface area contributed by atoms with E-state index in [-0.39, 0.29) is 6.04 Å². The molecule has 4 heteroatoms. The van der Waals surface area contributed by atoms with Gasteiger partial charge in [-0.15, -0.1) is 0 Å². The monoisotopic (exact) mass is 190 g/mol. The Hall–Kier alpha value is -1.71. The van der Waals surface area contributed by atoms with Crippen LogP contribution in [0.2, 0.25) is 0 Å². The highest BCUT2D eigenvalue weighted by Gasteiger charge is 2.28. The summed E-state index contributed by atoms with van der Waals surface area (Å²) in [5.41, 5.74) is 8.24. The van der Waals surface area contributed by atoms with E-state index in [1.165, 1.54) is 11.3 Å². The van der Waals surface area contributed by atoms with Gasteiger partial charge in [-0.3, -0.25) is 0 Å². The van der Waals surface area contributed by atoms with Gasteiger partial charge in [0.1, 0.15) is 5.84 Å². The van der Waals surface area contributed by atoms with Crippen LogP contribution in [0.5, 0.6) is 0 Å². The summed E-state index contributed by atoms with van der Waals surface area (Å²) in [4.78, 5) is 2.11. The van der Waals surface area contributed by atoms with Crippen LogP contribution in [-0.2, 0) is 6.42 Å². The van der Waals surface area contributed by atoms with Crippen molar-refractivity contribution in [1.82, 2.24) is 0 Å². The largest absolute Gasteiger partial charge is 0.384 e. The molecule has 1 aliphatic rings. The van der Waals surface area contributed by atoms with E-state index in [0.29, 0.717) is 5.84 Å². The Morgan fingerprint density at radius 3 is 2.86 bits per heavy atom. The van der Waals surface area contributed by atoms with Crippen LogP contribution in [0, 0.1) is 0 Å². The second-order valence-electron chi connectivity index (χ2n) is 3.51. The van der Waals surface area contributed by atoms with Gasteiger partial charge in [0.25, 0.3) is 0 Å². The third kappa shape index (κ3) is 1.19. The molecule has 0 aromatic heterocycles. The van der Waals surface area contributed by atoms with Crippen molar-refractivity contribution in [3.8, 4) is 0 Å². The summed E-state index contributed by atoms with van der Waals surface area (Å²) in [6.45, 7) is 0. The average Bonchev–Trinajstić information content (AvgIpc) is 2.56. The molecule has 1 heterocycles. The van der Waals surface area contributed by atoms with Gasteiger partial charge < -0.3 is 16.5 Å². The molecule has 2 rings (SSSR count). The molecular weight excluding hydrogens is 176 g/mol. The molecule has 14 heavy (non-hydrogen) atoms. The first-order chi connectivity index (χ1) is 6.74. The number of rotatable bonds is 1. The molecule has 0 radical (unpaired) electrons. The summed E-state index contributed by atoms with van der Waals surface area (Å²) in [7, 11) is 2.01. The summed E-state index contributed by atoms with van der Waals surface area (Å²) >= 11 is 0. The van der Waals surface area contributed by atoms with E-state index in [1.54, 1.807) is 0 Å². The lowest BCUT2D eigenvalue weighted by Crippen LogP contribution is -2.41. The smallest absolute Gasteiger partial charge is 0.142 e. The molecular formula is C10H14N4. The van der Waals surface area contributed by atoms with Crippen molar-refractivity contribution in [2.45, 2.75) is 12.5 Å². The molecule has 1 aromatic rings. The van der Waals surface area contributed by atoms with Crippen LogP contribution in [0.15, 0.2) is 29.4 Å². The molecule has 1 unspecified atom stereocenters. The van der Waals surface area contributed by atoms with Gasteiger partial charge in [-0.05, 0) is 11.6 Å². The average molecular weight is 190 g/mol. The van der Waals surface area contributed by atoms with Crippen LogP contribution < -0.4 is 16.5 Å². The summed E-state index contributed by atoms with van der Waals surface area (Å²) in [6, 6.07) is 8.35. The van der Waals surface area contributed by atoms with Crippen LogP contribution >= 0.6 is 0 Å². The maximum absolute atomic E-state index is 5.73. The zero-order valence-electron chi connectivity index (χ0n) is 8.14. The lowest BCUT2D eigenvalue weighted by molar-refractivity contribution is 0.826. The van der Waals surface area contributed by atoms with Gasteiger partial charge in [0.05, 0.1) is 6.04 Å². The predicted octanol–water partition coefficient (Wildman–Crippen LogP) is 0.278. The molecule has 0 bridgehead atoms. The third-order valence-corrected chi connectivity index (χ3v) is 2.74. The molecule has 4 N–H and O–H groups in total. The van der Waals surface area contributed by atoms with Gasteiger partial charge in [0.2, 0.25) is 0 Å². The molecule has 0 saturated carbocycles. The number of amidine groups is 1. The number of nitrogens with two attached hydrogens (primary N) is 2. The molecule has 0 amide bonds. The maximum Gasteiger partial charge on any atom is 0.142 e. The fraction of sp³-hybridized carbons (Fsp3) is 0.300. The quantitative estimate of drug-likeness (QED) is 0.289. The first kappa shape index (κ1) is 8.87. The first-order valence-corrected chi connectivity index (χ1v) is 4.58. The normalized spacial score (nSPS) is 21.1. The van der Waals surface area contributed by atoms with Crippen molar-refractivity contribution in [2.75, 3.05) is 11.9 Å². The van der Waals surface area contributed by atoms with Crippen molar-refractivity contribution in [3.63, 3.8) is 0 Å². The third-order valence-electron chi connectivity index (χ3n) is 2.74. The summed E-state index contributed by atoms with van der Waals surface area (Å²) in [5.74, 6) is 5.67. The Morgan fingerprint density at radius 1 is 1.50 bits per heavy atom. The number of hydrazone groups is 1. The van der Waals surface area contributed by atoms with Gasteiger partial charge in [0, 0.05) is 19.2 Å². The minimum atomic E-state index is 0.109. The van der Waals surface area contributed by atoms with Crippen molar-refractivity contribution in [3.05, 3.63) is 29.8 Å². The van der Waals surface area contributed by atoms with E-state index in [0.717, 1.165) is 6.42 Å². The highest BCUT2D eigenvalue weighted by atomic mass is 15.2. The van der Waals surface area contributed by atoms with E-state index in [1.807, 2.05) is 19.2 Å². The molecule has 1 aliphatic heterocycles. The van der Waals surface area contributed by atoms with E-state index in [4.69, 9.17) is 11.6 Å². The SMILES string of the molecule is CN1c2ccccc2CC1/C(N)=N/N. The Kier molecular flexibility index (Phi) is 2.04. The zero-order chi connectivity index (χ0) is 10.1. The van der Waals surface area contributed by atoms with Gasteiger partial charge in [-0.1, -0.05) is 18.2 Å². The zero-order valence-corrected chi connectivity index (χ0v) is 8.14. The van der Waals surface area contributed by atoms with Crippen molar-refractivity contribution < 1.29 is 0 Å². The summed E-state index contributed by atoms with van der Waals surface area (Å²) < 4.78 is 0. The maximum atomic E-state index is 5.73. The van der Waals surface area contributed by atoms with Gasteiger partial charge >= 0.3 is 0 Å². The van der Waals surface area contributed by atoms with Gasteiger partial charge in [-0.2, -0.15) is 5.10 Å². The number of fused-ring (bicyclic) bond motifs is 1. The van der Waals surface area contributed by atoms with Crippen LogP contribution in [0.1, 0.15) is 5.56 Å². The Morgan fingerprint density at radius 2 is 2.21 bits per heavy atom. The second-order valence-corrected chi connectivity index (χ2v) is 3.51. The first-order valence-electron chi connectivity index (χ1n) is 4.58. The fourth-order valence-corrected chi connectivity index (χ4v) is 1.93. The number of hydrogen-bond donors (Lipinski definition) is 2. The van der Waals surface area contributed by atoms with Crippen molar-refractivity contribution >= 4 is 11.5 Å². The van der Waals surface area contributed by atoms with Crippen LogP contribution in [-0.4, -0.2) is 18.9 Å². The highest BCUT2D eigenvalue weighted by Crippen LogP contribution is 2.30. The predicted molar refractivity (Wildman–Crippen MR) is 58.1 cm³/mol. The number of benzene rings is 1. The lowest BCUT2D eigenvalue weighted by Gasteiger charge is -2.21. The molecule has 74 valence electrons. The standard InChI is InChI=1S/C10H14N4/c1-14-8-5-3-2-4-7(8)6-9(14)10(11)13-12/h2-5,9H,6,12H2,1H3,(H2,11,13). The van der Waals surface area contributed by atoms with E-state index in [2.05, 4.69) is 22.1 Å². The molecule has 0 aliphatic carbocycles. The van der Waals surface area contributed by atoms with Crippen molar-refractivity contribution in [1.29, 1.82) is 0 Å². The van der Waals surface area contributed by atoms with Crippen molar-refractivity contribution in [2.24, 2.45) is 16.7 Å². The number of hydrogen-bond acceptors (Lipinski definition) is 3. The fourth-order valence-electron chi connectivity index (χ4n) is 1.93.